The lowest BCUT2D eigenvalue weighted by Gasteiger charge is -2.29. The van der Waals surface area contributed by atoms with Gasteiger partial charge in [0.25, 0.3) is 0 Å². The van der Waals surface area contributed by atoms with Crippen LogP contribution in [0.4, 0.5) is 0 Å². The standard InChI is InChI=1S/C15H23NO2/c1-11-8-12-13(16(11)6-5-7-18-4)9-15(2,3)10-14(12)17/h8H,5-7,9-10H2,1-4H3. The quantitative estimate of drug-likeness (QED) is 0.768. The second-order valence-corrected chi connectivity index (χ2v) is 6.09. The average Bonchev–Trinajstić information content (AvgIpc) is 2.56. The molecule has 0 fully saturated rings. The fraction of sp³-hybridized carbons (Fsp3) is 0.667. The average molecular weight is 249 g/mol. The van der Waals surface area contributed by atoms with E-state index in [2.05, 4.69) is 31.4 Å². The number of carbonyl (C=O) groups excluding carboxylic acids is 1. The summed E-state index contributed by atoms with van der Waals surface area (Å²) < 4.78 is 7.40. The van der Waals surface area contributed by atoms with E-state index in [0.717, 1.165) is 31.6 Å². The molecule has 1 aliphatic rings. The van der Waals surface area contributed by atoms with Gasteiger partial charge in [0.05, 0.1) is 0 Å². The number of methoxy groups -OCH3 is 1. The maximum absolute atomic E-state index is 12.2. The van der Waals surface area contributed by atoms with Gasteiger partial charge in [-0.25, -0.2) is 0 Å². The first kappa shape index (κ1) is 13.3. The predicted molar refractivity (Wildman–Crippen MR) is 72.1 cm³/mol. The second kappa shape index (κ2) is 4.88. The van der Waals surface area contributed by atoms with Crippen LogP contribution >= 0.6 is 0 Å². The van der Waals surface area contributed by atoms with Crippen molar-refractivity contribution in [3.63, 3.8) is 0 Å². The molecule has 3 heteroatoms. The highest BCUT2D eigenvalue weighted by Crippen LogP contribution is 2.36. The van der Waals surface area contributed by atoms with Gasteiger partial charge >= 0.3 is 0 Å². The van der Waals surface area contributed by atoms with E-state index in [9.17, 15) is 4.79 Å². The minimum atomic E-state index is 0.0912. The van der Waals surface area contributed by atoms with Crippen molar-refractivity contribution >= 4 is 5.78 Å². The molecule has 1 aliphatic carbocycles. The third-order valence-corrected chi connectivity index (χ3v) is 3.73. The monoisotopic (exact) mass is 249 g/mol. The van der Waals surface area contributed by atoms with Crippen molar-refractivity contribution in [3.8, 4) is 0 Å². The molecular weight excluding hydrogens is 226 g/mol. The molecule has 0 saturated carbocycles. The van der Waals surface area contributed by atoms with Crippen LogP contribution in [-0.2, 0) is 17.7 Å². The summed E-state index contributed by atoms with van der Waals surface area (Å²) in [4.78, 5) is 12.2. The topological polar surface area (TPSA) is 31.2 Å². The number of ether oxygens (including phenoxy) is 1. The van der Waals surface area contributed by atoms with E-state index < -0.39 is 0 Å². The summed E-state index contributed by atoms with van der Waals surface area (Å²) in [6.07, 6.45) is 2.66. The van der Waals surface area contributed by atoms with Gasteiger partial charge in [-0.05, 0) is 31.2 Å². The Balaban J connectivity index is 2.29. The van der Waals surface area contributed by atoms with Gasteiger partial charge in [-0.15, -0.1) is 0 Å². The summed E-state index contributed by atoms with van der Waals surface area (Å²) >= 11 is 0. The molecule has 0 saturated heterocycles. The van der Waals surface area contributed by atoms with Crippen molar-refractivity contribution in [1.82, 2.24) is 4.57 Å². The van der Waals surface area contributed by atoms with E-state index in [4.69, 9.17) is 4.74 Å². The number of nitrogens with zero attached hydrogens (tertiary/aromatic N) is 1. The van der Waals surface area contributed by atoms with Crippen LogP contribution in [0.3, 0.4) is 0 Å². The molecule has 0 spiro atoms. The third-order valence-electron chi connectivity index (χ3n) is 3.73. The number of fused-ring (bicyclic) bond motifs is 1. The third kappa shape index (κ3) is 2.51. The van der Waals surface area contributed by atoms with Gasteiger partial charge in [0.2, 0.25) is 0 Å². The first-order chi connectivity index (χ1) is 8.44. The largest absolute Gasteiger partial charge is 0.385 e. The lowest BCUT2D eigenvalue weighted by atomic mass is 9.76. The first-order valence-electron chi connectivity index (χ1n) is 6.66. The minimum Gasteiger partial charge on any atom is -0.385 e. The van der Waals surface area contributed by atoms with Gasteiger partial charge in [0.15, 0.2) is 5.78 Å². The zero-order valence-corrected chi connectivity index (χ0v) is 11.9. The van der Waals surface area contributed by atoms with Crippen LogP contribution in [0.15, 0.2) is 6.07 Å². The molecule has 2 rings (SSSR count). The van der Waals surface area contributed by atoms with Gasteiger partial charge in [-0.1, -0.05) is 13.8 Å². The number of rotatable bonds is 4. The van der Waals surface area contributed by atoms with E-state index in [0.29, 0.717) is 12.2 Å². The Morgan fingerprint density at radius 2 is 2.11 bits per heavy atom. The summed E-state index contributed by atoms with van der Waals surface area (Å²) in [7, 11) is 1.73. The number of hydrogen-bond donors (Lipinski definition) is 0. The van der Waals surface area contributed by atoms with Crippen LogP contribution < -0.4 is 0 Å². The molecule has 0 radical (unpaired) electrons. The van der Waals surface area contributed by atoms with Crippen LogP contribution in [0, 0.1) is 12.3 Å². The molecule has 3 nitrogen and oxygen atoms in total. The van der Waals surface area contributed by atoms with Gasteiger partial charge in [0.1, 0.15) is 0 Å². The molecule has 0 aromatic carbocycles. The number of hydrogen-bond acceptors (Lipinski definition) is 2. The van der Waals surface area contributed by atoms with Crippen molar-refractivity contribution in [2.24, 2.45) is 5.41 Å². The summed E-state index contributed by atoms with van der Waals surface area (Å²) in [5.74, 6) is 0.301. The lowest BCUT2D eigenvalue weighted by Crippen LogP contribution is -2.28. The van der Waals surface area contributed by atoms with Crippen LogP contribution in [0.25, 0.3) is 0 Å². The summed E-state index contributed by atoms with van der Waals surface area (Å²) in [6, 6.07) is 2.06. The zero-order chi connectivity index (χ0) is 13.3. The number of ketones is 1. The van der Waals surface area contributed by atoms with Crippen LogP contribution in [0.5, 0.6) is 0 Å². The Hall–Kier alpha value is -1.09. The van der Waals surface area contributed by atoms with Gasteiger partial charge in [-0.2, -0.15) is 0 Å². The molecule has 1 aromatic heterocycles. The van der Waals surface area contributed by atoms with Crippen molar-refractivity contribution in [3.05, 3.63) is 23.0 Å². The number of aryl methyl sites for hydroxylation is 1. The SMILES string of the molecule is COCCCn1c(C)cc2c1CC(C)(C)CC2=O. The maximum Gasteiger partial charge on any atom is 0.165 e. The minimum absolute atomic E-state index is 0.0912. The van der Waals surface area contributed by atoms with Crippen molar-refractivity contribution in [2.45, 2.75) is 46.6 Å². The Morgan fingerprint density at radius 3 is 2.78 bits per heavy atom. The molecule has 0 unspecified atom stereocenters. The van der Waals surface area contributed by atoms with Crippen LogP contribution in [0.1, 0.15) is 48.4 Å². The van der Waals surface area contributed by atoms with E-state index in [1.807, 2.05) is 0 Å². The molecule has 18 heavy (non-hydrogen) atoms. The molecule has 0 atom stereocenters. The van der Waals surface area contributed by atoms with E-state index in [-0.39, 0.29) is 5.41 Å². The Bertz CT molecular complexity index is 457. The van der Waals surface area contributed by atoms with Gasteiger partial charge < -0.3 is 9.30 Å². The molecule has 100 valence electrons. The van der Waals surface area contributed by atoms with Gasteiger partial charge in [-0.3, -0.25) is 4.79 Å². The fourth-order valence-corrected chi connectivity index (χ4v) is 2.88. The Kier molecular flexibility index (Phi) is 3.62. The molecule has 1 aromatic rings. The molecule has 1 heterocycles. The highest BCUT2D eigenvalue weighted by molar-refractivity contribution is 5.99. The van der Waals surface area contributed by atoms with E-state index in [1.165, 1.54) is 11.4 Å². The first-order valence-corrected chi connectivity index (χ1v) is 6.66. The van der Waals surface area contributed by atoms with Crippen molar-refractivity contribution in [1.29, 1.82) is 0 Å². The molecule has 0 N–H and O–H groups in total. The Morgan fingerprint density at radius 1 is 1.39 bits per heavy atom. The second-order valence-electron chi connectivity index (χ2n) is 6.09. The predicted octanol–water partition coefficient (Wildman–Crippen LogP) is 2.99. The van der Waals surface area contributed by atoms with Crippen molar-refractivity contribution in [2.75, 3.05) is 13.7 Å². The van der Waals surface area contributed by atoms with Crippen LogP contribution in [0.2, 0.25) is 0 Å². The van der Waals surface area contributed by atoms with E-state index in [1.54, 1.807) is 7.11 Å². The molecular formula is C15H23NO2. The number of carbonyl (C=O) groups is 1. The summed E-state index contributed by atoms with van der Waals surface area (Å²) in [5.41, 5.74) is 3.46. The number of Topliss-reactive ketones (excluding diaryl/α,β-unsaturated/α-hetero) is 1. The lowest BCUT2D eigenvalue weighted by molar-refractivity contribution is 0.0909. The molecule has 0 aliphatic heterocycles. The Labute approximate surface area is 109 Å². The zero-order valence-electron chi connectivity index (χ0n) is 11.9. The highest BCUT2D eigenvalue weighted by Gasteiger charge is 2.33. The summed E-state index contributed by atoms with van der Waals surface area (Å²) in [6.45, 7) is 8.15. The van der Waals surface area contributed by atoms with Gasteiger partial charge in [0, 0.05) is 43.6 Å². The molecule has 0 bridgehead atoms. The highest BCUT2D eigenvalue weighted by atomic mass is 16.5. The maximum atomic E-state index is 12.2. The van der Waals surface area contributed by atoms with E-state index >= 15 is 0 Å². The summed E-state index contributed by atoms with van der Waals surface area (Å²) in [5, 5.41) is 0. The fourth-order valence-electron chi connectivity index (χ4n) is 2.88. The van der Waals surface area contributed by atoms with Crippen molar-refractivity contribution < 1.29 is 9.53 Å². The normalized spacial score (nSPS) is 17.9. The number of aromatic nitrogens is 1. The molecule has 0 amide bonds. The smallest absolute Gasteiger partial charge is 0.165 e. The van der Waals surface area contributed by atoms with Crippen LogP contribution in [-0.4, -0.2) is 24.1 Å².